The number of rotatable bonds is 5. The zero-order valence-corrected chi connectivity index (χ0v) is 12.0. The first kappa shape index (κ1) is 14.0. The van der Waals surface area contributed by atoms with Gasteiger partial charge in [0, 0.05) is 30.7 Å². The fraction of sp³-hybridized carbons (Fsp3) is 0.385. The Balaban J connectivity index is 2.32. The molecule has 19 heavy (non-hydrogen) atoms. The lowest BCUT2D eigenvalue weighted by Crippen LogP contribution is -2.24. The van der Waals surface area contributed by atoms with Crippen molar-refractivity contribution in [3.8, 4) is 0 Å². The van der Waals surface area contributed by atoms with Gasteiger partial charge in [0.25, 0.3) is 0 Å². The lowest BCUT2D eigenvalue weighted by Gasteiger charge is -2.14. The summed E-state index contributed by atoms with van der Waals surface area (Å²) in [5, 5.41) is 1.12. The molecule has 0 bridgehead atoms. The Kier molecular flexibility index (Phi) is 3.93. The molecule has 0 atom stereocenters. The van der Waals surface area contributed by atoms with E-state index in [2.05, 4.69) is 4.98 Å². The van der Waals surface area contributed by atoms with Crippen LogP contribution >= 0.6 is 0 Å². The highest BCUT2D eigenvalue weighted by atomic mass is 32.2. The van der Waals surface area contributed by atoms with Gasteiger partial charge in [-0.3, -0.25) is 0 Å². The van der Waals surface area contributed by atoms with Gasteiger partial charge in [-0.1, -0.05) is 6.07 Å². The molecule has 1 aromatic heterocycles. The van der Waals surface area contributed by atoms with Crippen molar-refractivity contribution in [2.24, 2.45) is 5.73 Å². The molecule has 0 saturated carbocycles. The van der Waals surface area contributed by atoms with Crippen LogP contribution in [0.3, 0.4) is 0 Å². The molecule has 1 heterocycles. The van der Waals surface area contributed by atoms with Gasteiger partial charge in [0.15, 0.2) is 0 Å². The second-order valence-corrected chi connectivity index (χ2v) is 6.84. The number of sulfonamides is 1. The predicted molar refractivity (Wildman–Crippen MR) is 77.4 cm³/mol. The summed E-state index contributed by atoms with van der Waals surface area (Å²) < 4.78 is 24.2. The Morgan fingerprint density at radius 1 is 1.37 bits per heavy atom. The molecule has 0 aliphatic heterocycles. The molecular formula is C13H19N3O2S. The largest absolute Gasteiger partial charge is 0.361 e. The minimum absolute atomic E-state index is 0.377. The van der Waals surface area contributed by atoms with Crippen LogP contribution in [0.25, 0.3) is 10.9 Å². The number of nitrogens with one attached hydrogen (secondary N) is 1. The van der Waals surface area contributed by atoms with E-state index in [1.54, 1.807) is 7.05 Å². The molecule has 2 aromatic rings. The van der Waals surface area contributed by atoms with Crippen LogP contribution in [0.2, 0.25) is 0 Å². The van der Waals surface area contributed by atoms with E-state index in [0.29, 0.717) is 13.1 Å². The van der Waals surface area contributed by atoms with Crippen molar-refractivity contribution in [2.75, 3.05) is 19.8 Å². The van der Waals surface area contributed by atoms with E-state index < -0.39 is 10.0 Å². The quantitative estimate of drug-likeness (QED) is 0.860. The smallest absolute Gasteiger partial charge is 0.211 e. The van der Waals surface area contributed by atoms with Gasteiger partial charge in [0.1, 0.15) is 0 Å². The Morgan fingerprint density at radius 2 is 2.11 bits per heavy atom. The van der Waals surface area contributed by atoms with Crippen LogP contribution in [-0.4, -0.2) is 37.6 Å². The summed E-state index contributed by atoms with van der Waals surface area (Å²) in [6.07, 6.45) is 3.98. The minimum atomic E-state index is -3.16. The summed E-state index contributed by atoms with van der Waals surface area (Å²) in [5.74, 6) is 0. The second-order valence-electron chi connectivity index (χ2n) is 4.75. The molecule has 0 aliphatic rings. The molecule has 0 aliphatic carbocycles. The average molecular weight is 281 g/mol. The number of H-pyrrole nitrogens is 1. The van der Waals surface area contributed by atoms with E-state index in [1.165, 1.54) is 16.1 Å². The number of aromatic nitrogens is 1. The highest BCUT2D eigenvalue weighted by Crippen LogP contribution is 2.21. The van der Waals surface area contributed by atoms with Crippen LogP contribution in [0.15, 0.2) is 24.4 Å². The number of fused-ring (bicyclic) bond motifs is 1. The molecule has 0 fully saturated rings. The molecule has 0 spiro atoms. The molecule has 6 heteroatoms. The Morgan fingerprint density at radius 3 is 2.74 bits per heavy atom. The normalized spacial score (nSPS) is 12.4. The average Bonchev–Trinajstić information content (AvgIpc) is 2.71. The Labute approximate surface area is 113 Å². The zero-order chi connectivity index (χ0) is 14.0. The lowest BCUT2D eigenvalue weighted by atomic mass is 10.1. The van der Waals surface area contributed by atoms with Crippen LogP contribution in [0.4, 0.5) is 0 Å². The van der Waals surface area contributed by atoms with Gasteiger partial charge in [0.05, 0.1) is 6.26 Å². The van der Waals surface area contributed by atoms with Gasteiger partial charge >= 0.3 is 0 Å². The van der Waals surface area contributed by atoms with Crippen LogP contribution in [0.5, 0.6) is 0 Å². The number of hydrogen-bond acceptors (Lipinski definition) is 3. The molecule has 0 radical (unpaired) electrons. The number of nitrogens with two attached hydrogens (primary N) is 1. The van der Waals surface area contributed by atoms with E-state index in [0.717, 1.165) is 22.9 Å². The van der Waals surface area contributed by atoms with Crippen molar-refractivity contribution in [1.82, 2.24) is 9.29 Å². The van der Waals surface area contributed by atoms with Crippen molar-refractivity contribution < 1.29 is 8.42 Å². The number of benzene rings is 1. The van der Waals surface area contributed by atoms with E-state index in [1.807, 2.05) is 24.4 Å². The monoisotopic (exact) mass is 281 g/mol. The molecule has 0 saturated heterocycles. The topological polar surface area (TPSA) is 79.2 Å². The number of nitrogens with zero attached hydrogens (tertiary/aromatic N) is 1. The van der Waals surface area contributed by atoms with Crippen molar-refractivity contribution >= 4 is 20.9 Å². The van der Waals surface area contributed by atoms with E-state index in [9.17, 15) is 8.42 Å². The van der Waals surface area contributed by atoms with E-state index >= 15 is 0 Å². The highest BCUT2D eigenvalue weighted by molar-refractivity contribution is 7.88. The summed E-state index contributed by atoms with van der Waals surface area (Å²) in [6, 6.07) is 5.94. The minimum Gasteiger partial charge on any atom is -0.361 e. The third-order valence-corrected chi connectivity index (χ3v) is 4.48. The maximum absolute atomic E-state index is 11.4. The molecular weight excluding hydrogens is 262 g/mol. The number of hydrogen-bond donors (Lipinski definition) is 2. The fourth-order valence-electron chi connectivity index (χ4n) is 2.06. The Bertz CT molecular complexity index is 676. The Hall–Kier alpha value is -1.37. The standard InChI is InChI=1S/C13H19N3O2S/c1-16(19(2,17)18)9-10-3-4-13-12(7-10)11(5-6-14)8-15-13/h3-4,7-8,15H,5-6,9,14H2,1-2H3. The van der Waals surface area contributed by atoms with Crippen LogP contribution < -0.4 is 5.73 Å². The summed E-state index contributed by atoms with van der Waals surface area (Å²) in [7, 11) is -1.57. The van der Waals surface area contributed by atoms with Crippen LogP contribution in [0.1, 0.15) is 11.1 Å². The van der Waals surface area contributed by atoms with Gasteiger partial charge in [-0.05, 0) is 36.2 Å². The van der Waals surface area contributed by atoms with Crippen molar-refractivity contribution in [3.05, 3.63) is 35.5 Å². The number of aromatic amines is 1. The van der Waals surface area contributed by atoms with Gasteiger partial charge in [0.2, 0.25) is 10.0 Å². The van der Waals surface area contributed by atoms with Crippen molar-refractivity contribution in [1.29, 1.82) is 0 Å². The van der Waals surface area contributed by atoms with Gasteiger partial charge in [-0.2, -0.15) is 0 Å². The SMILES string of the molecule is CN(Cc1ccc2[nH]cc(CCN)c2c1)S(C)(=O)=O. The van der Waals surface area contributed by atoms with Crippen LogP contribution in [0, 0.1) is 0 Å². The summed E-state index contributed by atoms with van der Waals surface area (Å²) in [4.78, 5) is 3.20. The van der Waals surface area contributed by atoms with Crippen molar-refractivity contribution in [2.45, 2.75) is 13.0 Å². The highest BCUT2D eigenvalue weighted by Gasteiger charge is 2.12. The molecule has 0 amide bonds. The van der Waals surface area contributed by atoms with Gasteiger partial charge in [-0.25, -0.2) is 12.7 Å². The molecule has 3 N–H and O–H groups in total. The molecule has 2 rings (SSSR count). The first-order chi connectivity index (χ1) is 8.91. The summed E-state index contributed by atoms with van der Waals surface area (Å²) >= 11 is 0. The first-order valence-corrected chi connectivity index (χ1v) is 7.97. The van der Waals surface area contributed by atoms with Gasteiger partial charge in [-0.15, -0.1) is 0 Å². The maximum atomic E-state index is 11.4. The summed E-state index contributed by atoms with van der Waals surface area (Å²) in [6.45, 7) is 0.975. The van der Waals surface area contributed by atoms with E-state index in [4.69, 9.17) is 5.73 Å². The first-order valence-electron chi connectivity index (χ1n) is 6.12. The molecule has 5 nitrogen and oxygen atoms in total. The van der Waals surface area contributed by atoms with E-state index in [-0.39, 0.29) is 0 Å². The second kappa shape index (κ2) is 5.32. The van der Waals surface area contributed by atoms with Crippen LogP contribution in [-0.2, 0) is 23.0 Å². The summed E-state index contributed by atoms with van der Waals surface area (Å²) in [5.41, 5.74) is 8.77. The third kappa shape index (κ3) is 3.15. The molecule has 0 unspecified atom stereocenters. The molecule has 104 valence electrons. The zero-order valence-electron chi connectivity index (χ0n) is 11.2. The van der Waals surface area contributed by atoms with Gasteiger partial charge < -0.3 is 10.7 Å². The maximum Gasteiger partial charge on any atom is 0.211 e. The predicted octanol–water partition coefficient (Wildman–Crippen LogP) is 1.06. The molecule has 1 aromatic carbocycles. The van der Waals surface area contributed by atoms with Crippen molar-refractivity contribution in [3.63, 3.8) is 0 Å². The lowest BCUT2D eigenvalue weighted by molar-refractivity contribution is 0.472. The third-order valence-electron chi connectivity index (χ3n) is 3.22. The fourth-order valence-corrected chi connectivity index (χ4v) is 2.44.